The Bertz CT molecular complexity index is 877. The molecule has 1 aromatic carbocycles. The molecule has 3 rings (SSSR count). The van der Waals surface area contributed by atoms with Gasteiger partial charge in [0, 0.05) is 38.9 Å². The molecule has 2 aromatic rings. The van der Waals surface area contributed by atoms with E-state index in [2.05, 4.69) is 19.5 Å². The number of aromatic nitrogens is 1. The lowest BCUT2D eigenvalue weighted by molar-refractivity contribution is -0.123. The van der Waals surface area contributed by atoms with Gasteiger partial charge in [-0.15, -0.1) is 0 Å². The summed E-state index contributed by atoms with van der Waals surface area (Å²) in [5.74, 6) is 0.630. The number of pyridine rings is 1. The number of alkyl halides is 2. The number of amides is 1. The maximum atomic E-state index is 12.9. The number of hydrogen-bond donors (Lipinski definition) is 1. The number of carbonyl (C=O) groups is 1. The summed E-state index contributed by atoms with van der Waals surface area (Å²) in [5, 5.41) is 9.38. The second kappa shape index (κ2) is 9.44. The molecular formula is C20H23ClF2N4O3. The molecule has 0 saturated carbocycles. The van der Waals surface area contributed by atoms with Crippen molar-refractivity contribution >= 4 is 29.0 Å². The van der Waals surface area contributed by atoms with Gasteiger partial charge in [0.05, 0.1) is 17.3 Å². The molecule has 10 heteroatoms. The summed E-state index contributed by atoms with van der Waals surface area (Å²) < 4.78 is 29.1. The first-order chi connectivity index (χ1) is 14.3. The summed E-state index contributed by atoms with van der Waals surface area (Å²) >= 11 is 6.00. The minimum absolute atomic E-state index is 0.00937. The average molecular weight is 441 g/mol. The smallest absolute Gasteiger partial charge is 0.387 e. The molecule has 1 amide bonds. The standard InChI is InChI=1S/C20H23ClF2N4O3/c1-13(26-7-9-27(10-8-26)18-6-4-15(28)12-24-18)19(29)25(2)14-3-5-17(16(21)11-14)30-20(22)23/h3-6,11-13,20,28H,7-10H2,1-2H3. The van der Waals surface area contributed by atoms with Crippen LogP contribution in [0.4, 0.5) is 20.3 Å². The molecular weight excluding hydrogens is 418 g/mol. The summed E-state index contributed by atoms with van der Waals surface area (Å²) in [6.45, 7) is 1.61. The Kier molecular flexibility index (Phi) is 6.94. The lowest BCUT2D eigenvalue weighted by atomic mass is 10.2. The van der Waals surface area contributed by atoms with Crippen molar-refractivity contribution in [1.29, 1.82) is 0 Å². The van der Waals surface area contributed by atoms with Crippen LogP contribution in [-0.2, 0) is 4.79 Å². The van der Waals surface area contributed by atoms with Crippen molar-refractivity contribution < 1.29 is 23.4 Å². The van der Waals surface area contributed by atoms with Crippen molar-refractivity contribution in [3.8, 4) is 11.5 Å². The summed E-state index contributed by atoms with van der Waals surface area (Å²) in [7, 11) is 1.62. The number of piperazine rings is 1. The third kappa shape index (κ3) is 5.09. The van der Waals surface area contributed by atoms with Gasteiger partial charge in [-0.1, -0.05) is 11.6 Å². The fraction of sp³-hybridized carbons (Fsp3) is 0.400. The zero-order chi connectivity index (χ0) is 21.8. The zero-order valence-electron chi connectivity index (χ0n) is 16.6. The second-order valence-corrected chi connectivity index (χ2v) is 7.37. The molecule has 1 saturated heterocycles. The number of likely N-dealkylation sites (N-methyl/N-ethyl adjacent to an activating group) is 1. The van der Waals surface area contributed by atoms with Crippen LogP contribution in [0.3, 0.4) is 0 Å². The lowest BCUT2D eigenvalue weighted by Gasteiger charge is -2.39. The first-order valence-electron chi connectivity index (χ1n) is 9.42. The van der Waals surface area contributed by atoms with Crippen LogP contribution in [0.2, 0.25) is 5.02 Å². The minimum atomic E-state index is -2.97. The van der Waals surface area contributed by atoms with E-state index in [1.807, 2.05) is 6.92 Å². The first-order valence-corrected chi connectivity index (χ1v) is 9.80. The highest BCUT2D eigenvalue weighted by molar-refractivity contribution is 6.32. The van der Waals surface area contributed by atoms with Gasteiger partial charge in [-0.3, -0.25) is 9.69 Å². The lowest BCUT2D eigenvalue weighted by Crippen LogP contribution is -2.54. The highest BCUT2D eigenvalue weighted by Gasteiger charge is 2.28. The van der Waals surface area contributed by atoms with E-state index in [-0.39, 0.29) is 28.5 Å². The quantitative estimate of drug-likeness (QED) is 0.744. The van der Waals surface area contributed by atoms with E-state index < -0.39 is 6.61 Å². The Morgan fingerprint density at radius 3 is 2.50 bits per heavy atom. The van der Waals surface area contributed by atoms with Gasteiger partial charge < -0.3 is 19.6 Å². The Balaban J connectivity index is 1.60. The third-order valence-electron chi connectivity index (χ3n) is 5.13. The molecule has 1 fully saturated rings. The van der Waals surface area contributed by atoms with E-state index in [0.717, 1.165) is 5.82 Å². The van der Waals surface area contributed by atoms with Crippen LogP contribution in [-0.4, -0.2) is 66.8 Å². The van der Waals surface area contributed by atoms with E-state index in [4.69, 9.17) is 11.6 Å². The number of carbonyl (C=O) groups excluding carboxylic acids is 1. The van der Waals surface area contributed by atoms with Gasteiger partial charge in [0.15, 0.2) is 0 Å². The molecule has 30 heavy (non-hydrogen) atoms. The predicted octanol–water partition coefficient (Wildman–Crippen LogP) is 3.22. The number of hydrogen-bond acceptors (Lipinski definition) is 6. The van der Waals surface area contributed by atoms with Gasteiger partial charge in [0.1, 0.15) is 17.3 Å². The number of anilines is 2. The van der Waals surface area contributed by atoms with Crippen molar-refractivity contribution in [3.63, 3.8) is 0 Å². The molecule has 1 aromatic heterocycles. The van der Waals surface area contributed by atoms with Gasteiger partial charge in [-0.05, 0) is 37.3 Å². The molecule has 1 aliphatic heterocycles. The van der Waals surface area contributed by atoms with Crippen molar-refractivity contribution in [3.05, 3.63) is 41.6 Å². The van der Waals surface area contributed by atoms with E-state index >= 15 is 0 Å². The van der Waals surface area contributed by atoms with E-state index in [9.17, 15) is 18.7 Å². The van der Waals surface area contributed by atoms with Crippen molar-refractivity contribution in [2.45, 2.75) is 19.6 Å². The molecule has 1 N–H and O–H groups in total. The maximum absolute atomic E-state index is 12.9. The van der Waals surface area contributed by atoms with Crippen LogP contribution in [0, 0.1) is 0 Å². The molecule has 1 unspecified atom stereocenters. The number of aromatic hydroxyl groups is 1. The largest absolute Gasteiger partial charge is 0.506 e. The van der Waals surface area contributed by atoms with Crippen molar-refractivity contribution in [2.75, 3.05) is 43.0 Å². The van der Waals surface area contributed by atoms with Crippen LogP contribution in [0.15, 0.2) is 36.5 Å². The summed E-state index contributed by atoms with van der Waals surface area (Å²) in [4.78, 5) is 22.8. The van der Waals surface area contributed by atoms with E-state index in [0.29, 0.717) is 31.9 Å². The van der Waals surface area contributed by atoms with Crippen LogP contribution < -0.4 is 14.5 Å². The summed E-state index contributed by atoms with van der Waals surface area (Å²) in [6.07, 6.45) is 1.41. The zero-order valence-corrected chi connectivity index (χ0v) is 17.4. The van der Waals surface area contributed by atoms with Gasteiger partial charge in [-0.2, -0.15) is 8.78 Å². The van der Waals surface area contributed by atoms with Gasteiger partial charge in [0.25, 0.3) is 0 Å². The summed E-state index contributed by atoms with van der Waals surface area (Å²) in [6, 6.07) is 7.25. The normalized spacial score (nSPS) is 15.9. The molecule has 162 valence electrons. The van der Waals surface area contributed by atoms with Gasteiger partial charge >= 0.3 is 6.61 Å². The fourth-order valence-corrected chi connectivity index (χ4v) is 3.58. The number of rotatable bonds is 6. The number of nitrogens with zero attached hydrogens (tertiary/aromatic N) is 4. The van der Waals surface area contributed by atoms with E-state index in [1.165, 1.54) is 29.3 Å². The predicted molar refractivity (Wildman–Crippen MR) is 111 cm³/mol. The second-order valence-electron chi connectivity index (χ2n) is 6.96. The Labute approximate surface area is 178 Å². The van der Waals surface area contributed by atoms with Crippen LogP contribution >= 0.6 is 11.6 Å². The monoisotopic (exact) mass is 440 g/mol. The maximum Gasteiger partial charge on any atom is 0.387 e. The average Bonchev–Trinajstić information content (AvgIpc) is 2.74. The number of ether oxygens (including phenoxy) is 1. The SMILES string of the molecule is CC(C(=O)N(C)c1ccc(OC(F)F)c(Cl)c1)N1CCN(c2ccc(O)cn2)CC1. The Morgan fingerprint density at radius 1 is 1.23 bits per heavy atom. The number of benzene rings is 1. The fourth-order valence-electron chi connectivity index (χ4n) is 3.36. The van der Waals surface area contributed by atoms with E-state index in [1.54, 1.807) is 19.2 Å². The molecule has 0 spiro atoms. The van der Waals surface area contributed by atoms with Crippen LogP contribution in [0.25, 0.3) is 0 Å². The Morgan fingerprint density at radius 2 is 1.93 bits per heavy atom. The first kappa shape index (κ1) is 22.0. The topological polar surface area (TPSA) is 69.1 Å². The minimum Gasteiger partial charge on any atom is -0.506 e. The summed E-state index contributed by atoms with van der Waals surface area (Å²) in [5.41, 5.74) is 0.491. The van der Waals surface area contributed by atoms with Crippen LogP contribution in [0.5, 0.6) is 11.5 Å². The molecule has 0 bridgehead atoms. The van der Waals surface area contributed by atoms with Crippen LogP contribution in [0.1, 0.15) is 6.92 Å². The Hall–Kier alpha value is -2.65. The molecule has 0 aliphatic carbocycles. The highest BCUT2D eigenvalue weighted by Crippen LogP contribution is 2.30. The van der Waals surface area contributed by atoms with Crippen molar-refractivity contribution in [2.24, 2.45) is 0 Å². The number of halogens is 3. The highest BCUT2D eigenvalue weighted by atomic mass is 35.5. The molecule has 1 atom stereocenters. The third-order valence-corrected chi connectivity index (χ3v) is 5.42. The molecule has 1 aliphatic rings. The molecule has 2 heterocycles. The van der Waals surface area contributed by atoms with Gasteiger partial charge in [0.2, 0.25) is 5.91 Å². The van der Waals surface area contributed by atoms with Crippen molar-refractivity contribution in [1.82, 2.24) is 9.88 Å². The van der Waals surface area contributed by atoms with Gasteiger partial charge in [-0.25, -0.2) is 4.98 Å². The molecule has 0 radical (unpaired) electrons. The molecule has 7 nitrogen and oxygen atoms in total.